The van der Waals surface area contributed by atoms with Crippen LogP contribution in [0.1, 0.15) is 24.0 Å². The first kappa shape index (κ1) is 33.9. The van der Waals surface area contributed by atoms with Crippen molar-refractivity contribution in [2.24, 2.45) is 5.92 Å². The highest BCUT2D eigenvalue weighted by Crippen LogP contribution is 2.53. The second kappa shape index (κ2) is 13.0. The van der Waals surface area contributed by atoms with Crippen LogP contribution in [0, 0.1) is 23.4 Å². The number of benzene rings is 3. The molecule has 0 unspecified atom stereocenters. The van der Waals surface area contributed by atoms with Gasteiger partial charge in [-0.25, -0.2) is 21.6 Å². The molecule has 0 atom stereocenters. The van der Waals surface area contributed by atoms with Gasteiger partial charge in [0.1, 0.15) is 17.5 Å². The van der Waals surface area contributed by atoms with Crippen molar-refractivity contribution < 1.29 is 57.5 Å². The van der Waals surface area contributed by atoms with E-state index in [1.54, 1.807) is 0 Å². The Kier molecular flexibility index (Phi) is 10.2. The van der Waals surface area contributed by atoms with Crippen molar-refractivity contribution in [2.45, 2.75) is 47.5 Å². The normalized spacial score (nSPS) is 17.3. The third-order valence-corrected chi connectivity index (χ3v) is 8.96. The smallest absolute Gasteiger partial charge is 0.359 e. The number of hydrogen-bond acceptors (Lipinski definition) is 4. The Hall–Kier alpha value is -3.59. The van der Waals surface area contributed by atoms with Crippen LogP contribution in [0.2, 0.25) is 0 Å². The average Bonchev–Trinajstić information content (AvgIpc) is 2.89. The number of carbonyl (C=O) groups excluding carboxylic acids is 1. The molecule has 0 bridgehead atoms. The topological polar surface area (TPSA) is 72.5 Å². The van der Waals surface area contributed by atoms with Crippen molar-refractivity contribution in [3.63, 3.8) is 0 Å². The lowest BCUT2D eigenvalue weighted by Gasteiger charge is -2.37. The van der Waals surface area contributed by atoms with Gasteiger partial charge >= 0.3 is 12.4 Å². The summed E-state index contributed by atoms with van der Waals surface area (Å²) in [5.74, 6) is -3.45. The van der Waals surface area contributed by atoms with E-state index in [0.717, 1.165) is 30.3 Å². The fraction of sp³-hybridized carbons (Fsp3) is 0.321. The molecule has 1 saturated carbocycles. The molecule has 3 aromatic rings. The van der Waals surface area contributed by atoms with Gasteiger partial charge in [-0.1, -0.05) is 36.4 Å². The Balaban J connectivity index is 0.000000248. The molecule has 1 fully saturated rings. The maximum Gasteiger partial charge on any atom is 0.430 e. The lowest BCUT2D eigenvalue weighted by molar-refractivity contribution is -0.392. The van der Waals surface area contributed by atoms with Gasteiger partial charge in [0.05, 0.1) is 16.8 Å². The molecule has 1 amide bonds. The first-order valence-corrected chi connectivity index (χ1v) is 14.0. The van der Waals surface area contributed by atoms with E-state index in [9.17, 15) is 52.7 Å². The van der Waals surface area contributed by atoms with E-state index in [4.69, 9.17) is 0 Å². The van der Waals surface area contributed by atoms with Crippen LogP contribution in [0.3, 0.4) is 0 Å². The van der Waals surface area contributed by atoms with Gasteiger partial charge in [-0.15, -0.1) is 0 Å². The second-order valence-corrected chi connectivity index (χ2v) is 11.7. The summed E-state index contributed by atoms with van der Waals surface area (Å²) in [5, 5.41) is 1.97. The number of alkyl halides is 6. The Morgan fingerprint density at radius 2 is 1.33 bits per heavy atom. The van der Waals surface area contributed by atoms with Crippen LogP contribution >= 0.6 is 0 Å². The van der Waals surface area contributed by atoms with Crippen LogP contribution in [0.15, 0.2) is 77.7 Å². The molecule has 1 aliphatic carbocycles. The predicted octanol–water partition coefficient (Wildman–Crippen LogP) is 6.63. The van der Waals surface area contributed by atoms with E-state index in [1.807, 2.05) is 0 Å². The Morgan fingerprint density at radius 3 is 1.79 bits per heavy atom. The highest BCUT2D eigenvalue weighted by Gasteiger charge is 2.73. The lowest BCUT2D eigenvalue weighted by Crippen LogP contribution is -2.55. The quantitative estimate of drug-likeness (QED) is 0.233. The van der Waals surface area contributed by atoms with Crippen molar-refractivity contribution in [1.29, 1.82) is 0 Å². The van der Waals surface area contributed by atoms with Gasteiger partial charge in [0.2, 0.25) is 5.91 Å². The zero-order chi connectivity index (χ0) is 32.2. The van der Waals surface area contributed by atoms with E-state index in [1.165, 1.54) is 25.2 Å². The molecule has 0 spiro atoms. The molecule has 1 aliphatic rings. The van der Waals surface area contributed by atoms with Crippen molar-refractivity contribution in [3.05, 3.63) is 101 Å². The molecule has 0 radical (unpaired) electrons. The third kappa shape index (κ3) is 7.15. The van der Waals surface area contributed by atoms with Crippen LogP contribution in [0.25, 0.3) is 0 Å². The standard InChI is InChI=1S/C16H10F8O.C12H14FNO3S/c17-12-7-4-8-13(18)11(12)9-25-14(15(19,20)21,16(22,23)24)10-5-2-1-3-6-10;1-14-12(15)8-6-11(7-8)18(16,17)10-4-2-9(13)3-5-10/h1-8H,9H2;2-5,8,11H,6-7H2,1H3,(H,14,15). The molecular weight excluding hydrogens is 617 g/mol. The predicted molar refractivity (Wildman–Crippen MR) is 136 cm³/mol. The van der Waals surface area contributed by atoms with Gasteiger partial charge in [-0.05, 0) is 49.2 Å². The van der Waals surface area contributed by atoms with E-state index >= 15 is 0 Å². The highest BCUT2D eigenvalue weighted by molar-refractivity contribution is 7.92. The summed E-state index contributed by atoms with van der Waals surface area (Å²) in [5.41, 5.74) is -7.00. The van der Waals surface area contributed by atoms with E-state index in [-0.39, 0.29) is 16.7 Å². The van der Waals surface area contributed by atoms with Crippen LogP contribution in [-0.4, -0.2) is 39.0 Å². The zero-order valence-electron chi connectivity index (χ0n) is 22.1. The minimum absolute atomic E-state index is 0.115. The summed E-state index contributed by atoms with van der Waals surface area (Å²) >= 11 is 0. The van der Waals surface area contributed by atoms with Gasteiger partial charge in [-0.3, -0.25) is 4.79 Å². The number of nitrogens with one attached hydrogen (secondary N) is 1. The van der Waals surface area contributed by atoms with Crippen molar-refractivity contribution in [2.75, 3.05) is 7.05 Å². The molecule has 15 heteroatoms. The van der Waals surface area contributed by atoms with E-state index in [0.29, 0.717) is 37.1 Å². The summed E-state index contributed by atoms with van der Waals surface area (Å²) in [7, 11) is -1.91. The maximum absolute atomic E-state index is 13.5. The van der Waals surface area contributed by atoms with Gasteiger partial charge in [0.15, 0.2) is 9.84 Å². The molecule has 234 valence electrons. The van der Waals surface area contributed by atoms with Gasteiger partial charge < -0.3 is 10.1 Å². The molecule has 0 aliphatic heterocycles. The fourth-order valence-corrected chi connectivity index (χ4v) is 6.18. The summed E-state index contributed by atoms with van der Waals surface area (Å²) in [4.78, 5) is 11.4. The van der Waals surface area contributed by atoms with Gasteiger partial charge in [0.25, 0.3) is 5.60 Å². The summed E-state index contributed by atoms with van der Waals surface area (Å²) in [6.45, 7) is -1.56. The van der Waals surface area contributed by atoms with Gasteiger partial charge in [0, 0.05) is 24.1 Å². The summed E-state index contributed by atoms with van der Waals surface area (Å²) in [6, 6.07) is 11.4. The Labute approximate surface area is 240 Å². The van der Waals surface area contributed by atoms with Crippen molar-refractivity contribution in [1.82, 2.24) is 5.32 Å². The molecular formula is C28H24F9NO4S. The average molecular weight is 642 g/mol. The third-order valence-electron chi connectivity index (χ3n) is 6.77. The SMILES string of the molecule is CNC(=O)C1CC(S(=O)(=O)c2ccc(F)cc2)C1.Fc1cccc(F)c1COC(c1ccccc1)(C(F)(F)F)C(F)(F)F. The van der Waals surface area contributed by atoms with Crippen LogP contribution < -0.4 is 5.32 Å². The lowest BCUT2D eigenvalue weighted by atomic mass is 9.84. The molecule has 3 aromatic carbocycles. The molecule has 0 saturated heterocycles. The second-order valence-electron chi connectivity index (χ2n) is 9.44. The minimum Gasteiger partial charge on any atom is -0.359 e. The van der Waals surface area contributed by atoms with E-state index in [2.05, 4.69) is 10.1 Å². The van der Waals surface area contributed by atoms with Crippen molar-refractivity contribution in [3.8, 4) is 0 Å². The fourth-order valence-electron chi connectivity index (χ4n) is 4.31. The number of halogens is 9. The van der Waals surface area contributed by atoms with Crippen LogP contribution in [0.5, 0.6) is 0 Å². The Morgan fingerprint density at radius 1 is 0.814 bits per heavy atom. The largest absolute Gasteiger partial charge is 0.430 e. The van der Waals surface area contributed by atoms with Gasteiger partial charge in [-0.2, -0.15) is 26.3 Å². The molecule has 0 heterocycles. The maximum atomic E-state index is 13.5. The summed E-state index contributed by atoms with van der Waals surface area (Å²) in [6.07, 6.45) is -11.2. The molecule has 43 heavy (non-hydrogen) atoms. The molecule has 4 rings (SSSR count). The first-order valence-electron chi connectivity index (χ1n) is 12.4. The zero-order valence-corrected chi connectivity index (χ0v) is 23.0. The number of ether oxygens (including phenoxy) is 1. The monoisotopic (exact) mass is 641 g/mol. The number of rotatable bonds is 7. The van der Waals surface area contributed by atoms with Crippen molar-refractivity contribution >= 4 is 15.7 Å². The van der Waals surface area contributed by atoms with Crippen LogP contribution in [0.4, 0.5) is 39.5 Å². The first-order chi connectivity index (χ1) is 20.0. The number of carbonyl (C=O) groups is 1. The summed E-state index contributed by atoms with van der Waals surface area (Å²) < 4.78 is 149. The molecule has 5 nitrogen and oxygen atoms in total. The van der Waals surface area contributed by atoms with E-state index < -0.39 is 68.2 Å². The number of amides is 1. The number of hydrogen-bond donors (Lipinski definition) is 1. The Bertz CT molecular complexity index is 1470. The molecule has 1 N–H and O–H groups in total. The molecule has 0 aromatic heterocycles. The number of sulfone groups is 1. The van der Waals surface area contributed by atoms with Crippen LogP contribution in [-0.2, 0) is 31.6 Å². The minimum atomic E-state index is -5.92. The highest BCUT2D eigenvalue weighted by atomic mass is 32.2.